The number of benzene rings is 1. The second-order valence-corrected chi connectivity index (χ2v) is 6.88. The summed E-state index contributed by atoms with van der Waals surface area (Å²) in [7, 11) is 1.68. The van der Waals surface area contributed by atoms with Crippen molar-refractivity contribution >= 4 is 28.5 Å². The number of ether oxygens (including phenoxy) is 1. The number of nitrogens with zero attached hydrogens (tertiary/aromatic N) is 1. The molecule has 1 saturated carbocycles. The fraction of sp³-hybridized carbons (Fsp3) is 0.471. The summed E-state index contributed by atoms with van der Waals surface area (Å²) in [5, 5.41) is 0. The maximum Gasteiger partial charge on any atom is 0.247 e. The topological polar surface area (TPSA) is 29.5 Å². The highest BCUT2D eigenvalue weighted by Gasteiger charge is 2.33. The first kappa shape index (κ1) is 14.9. The molecule has 1 amide bonds. The van der Waals surface area contributed by atoms with E-state index in [0.717, 1.165) is 31.6 Å². The molecule has 0 spiro atoms. The van der Waals surface area contributed by atoms with E-state index >= 15 is 0 Å². The van der Waals surface area contributed by atoms with Crippen molar-refractivity contribution in [1.29, 1.82) is 0 Å². The number of amides is 1. The third-order valence-corrected chi connectivity index (χ3v) is 5.48. The minimum absolute atomic E-state index is 0.209. The molecule has 1 aromatic carbocycles. The van der Waals surface area contributed by atoms with Gasteiger partial charge in [-0.2, -0.15) is 0 Å². The number of carbonyl (C=O) groups excluding carboxylic acids is 1. The van der Waals surface area contributed by atoms with Gasteiger partial charge in [0.15, 0.2) is 0 Å². The lowest BCUT2D eigenvalue weighted by atomic mass is 9.91. The number of halogens is 1. The summed E-state index contributed by atoms with van der Waals surface area (Å²) < 4.78 is 6.44. The zero-order chi connectivity index (χ0) is 14.8. The Morgan fingerprint density at radius 3 is 3.00 bits per heavy atom. The van der Waals surface area contributed by atoms with Crippen LogP contribution in [0.5, 0.6) is 5.75 Å². The number of hydrogen-bond acceptors (Lipinski definition) is 2. The second-order valence-electron chi connectivity index (χ2n) is 5.72. The zero-order valence-electron chi connectivity index (χ0n) is 12.3. The molecule has 1 aliphatic heterocycles. The first-order valence-corrected chi connectivity index (χ1v) is 8.60. The highest BCUT2D eigenvalue weighted by Crippen LogP contribution is 2.32. The number of rotatable bonds is 4. The number of hydrogen-bond donors (Lipinski definition) is 0. The standard InChI is InChI=1S/C17H20INO2/c1-21-14-7-6-12(15(18)11-14)8-9-19-16-5-3-2-4-13(16)10-17(19)20/h6-7,10-11,16H,2-5,8-9H2,1H3. The molecule has 21 heavy (non-hydrogen) atoms. The van der Waals surface area contributed by atoms with E-state index in [9.17, 15) is 4.79 Å². The van der Waals surface area contributed by atoms with Crippen molar-refractivity contribution in [3.63, 3.8) is 0 Å². The number of methoxy groups -OCH3 is 1. The molecule has 0 aromatic heterocycles. The lowest BCUT2D eigenvalue weighted by molar-refractivity contribution is -0.126. The van der Waals surface area contributed by atoms with E-state index in [1.54, 1.807) is 7.11 Å². The first-order chi connectivity index (χ1) is 10.2. The molecule has 3 nitrogen and oxygen atoms in total. The quantitative estimate of drug-likeness (QED) is 0.728. The fourth-order valence-corrected chi connectivity index (χ4v) is 4.06. The molecule has 1 heterocycles. The fourth-order valence-electron chi connectivity index (χ4n) is 3.30. The zero-order valence-corrected chi connectivity index (χ0v) is 14.4. The van der Waals surface area contributed by atoms with Crippen molar-refractivity contribution in [3.05, 3.63) is 39.0 Å². The van der Waals surface area contributed by atoms with Crippen LogP contribution in [0, 0.1) is 3.57 Å². The maximum absolute atomic E-state index is 12.2. The first-order valence-electron chi connectivity index (χ1n) is 7.52. The molecule has 0 radical (unpaired) electrons. The summed E-state index contributed by atoms with van der Waals surface area (Å²) in [4.78, 5) is 14.2. The third kappa shape index (κ3) is 3.10. The van der Waals surface area contributed by atoms with Crippen LogP contribution in [0.25, 0.3) is 0 Å². The molecular formula is C17H20INO2. The smallest absolute Gasteiger partial charge is 0.247 e. The molecule has 1 fully saturated rings. The number of fused-ring (bicyclic) bond motifs is 1. The third-order valence-electron chi connectivity index (χ3n) is 4.47. The second kappa shape index (κ2) is 6.38. The van der Waals surface area contributed by atoms with Crippen molar-refractivity contribution in [2.24, 2.45) is 0 Å². The number of carbonyl (C=O) groups is 1. The van der Waals surface area contributed by atoms with Crippen LogP contribution < -0.4 is 4.74 Å². The van der Waals surface area contributed by atoms with Crippen LogP contribution in [-0.2, 0) is 11.2 Å². The van der Waals surface area contributed by atoms with Gasteiger partial charge in [0.05, 0.1) is 13.2 Å². The summed E-state index contributed by atoms with van der Waals surface area (Å²) in [6.45, 7) is 0.811. The summed E-state index contributed by atoms with van der Waals surface area (Å²) in [5.41, 5.74) is 2.64. The lowest BCUT2D eigenvalue weighted by Crippen LogP contribution is -2.38. The van der Waals surface area contributed by atoms with Crippen molar-refractivity contribution in [2.45, 2.75) is 38.1 Å². The van der Waals surface area contributed by atoms with Gasteiger partial charge in [-0.15, -0.1) is 0 Å². The van der Waals surface area contributed by atoms with Gasteiger partial charge in [-0.1, -0.05) is 12.5 Å². The molecule has 0 N–H and O–H groups in total. The molecule has 1 atom stereocenters. The van der Waals surface area contributed by atoms with Gasteiger partial charge in [0, 0.05) is 16.2 Å². The molecule has 0 saturated heterocycles. The Hall–Kier alpha value is -1.04. The normalized spacial score (nSPS) is 21.2. The van der Waals surface area contributed by atoms with E-state index in [1.165, 1.54) is 27.5 Å². The molecule has 1 unspecified atom stereocenters. The van der Waals surface area contributed by atoms with Gasteiger partial charge in [0.1, 0.15) is 5.75 Å². The van der Waals surface area contributed by atoms with Crippen molar-refractivity contribution in [2.75, 3.05) is 13.7 Å². The van der Waals surface area contributed by atoms with E-state index < -0.39 is 0 Å². The Morgan fingerprint density at radius 1 is 1.38 bits per heavy atom. The SMILES string of the molecule is COc1ccc(CCN2C(=O)C=C3CCCCC32)c(I)c1. The van der Waals surface area contributed by atoms with Gasteiger partial charge >= 0.3 is 0 Å². The van der Waals surface area contributed by atoms with Crippen molar-refractivity contribution < 1.29 is 9.53 Å². The van der Waals surface area contributed by atoms with Gasteiger partial charge in [-0.05, 0) is 71.5 Å². The lowest BCUT2D eigenvalue weighted by Gasteiger charge is -2.30. The van der Waals surface area contributed by atoms with Gasteiger partial charge < -0.3 is 9.64 Å². The van der Waals surface area contributed by atoms with Crippen LogP contribution in [0.4, 0.5) is 0 Å². The monoisotopic (exact) mass is 397 g/mol. The van der Waals surface area contributed by atoms with Gasteiger partial charge in [-0.3, -0.25) is 4.79 Å². The summed E-state index contributed by atoms with van der Waals surface area (Å²) in [5.74, 6) is 1.09. The Labute approximate surface area is 139 Å². The molecule has 1 aromatic rings. The van der Waals surface area contributed by atoms with E-state index in [0.29, 0.717) is 6.04 Å². The van der Waals surface area contributed by atoms with Crippen LogP contribution >= 0.6 is 22.6 Å². The van der Waals surface area contributed by atoms with Gasteiger partial charge in [0.25, 0.3) is 0 Å². The van der Waals surface area contributed by atoms with Crippen LogP contribution in [0.3, 0.4) is 0 Å². The molecule has 3 rings (SSSR count). The average molecular weight is 397 g/mol. The molecule has 112 valence electrons. The predicted molar refractivity (Wildman–Crippen MR) is 91.5 cm³/mol. The molecular weight excluding hydrogens is 377 g/mol. The summed E-state index contributed by atoms with van der Waals surface area (Å²) in [6.07, 6.45) is 7.50. The summed E-state index contributed by atoms with van der Waals surface area (Å²) >= 11 is 2.34. The maximum atomic E-state index is 12.2. The van der Waals surface area contributed by atoms with E-state index in [2.05, 4.69) is 33.6 Å². The molecule has 2 aliphatic rings. The minimum Gasteiger partial charge on any atom is -0.497 e. The Bertz CT molecular complexity index is 582. The van der Waals surface area contributed by atoms with Crippen LogP contribution in [0.15, 0.2) is 29.8 Å². The molecule has 0 bridgehead atoms. The molecule has 4 heteroatoms. The van der Waals surface area contributed by atoms with Crippen molar-refractivity contribution in [3.8, 4) is 5.75 Å². The highest BCUT2D eigenvalue weighted by atomic mass is 127. The van der Waals surface area contributed by atoms with Crippen LogP contribution in [0.1, 0.15) is 31.2 Å². The highest BCUT2D eigenvalue weighted by molar-refractivity contribution is 14.1. The largest absolute Gasteiger partial charge is 0.497 e. The van der Waals surface area contributed by atoms with E-state index in [-0.39, 0.29) is 5.91 Å². The Balaban J connectivity index is 1.66. The summed E-state index contributed by atoms with van der Waals surface area (Å²) in [6, 6.07) is 6.53. The predicted octanol–water partition coefficient (Wildman–Crippen LogP) is 3.55. The minimum atomic E-state index is 0.209. The molecule has 1 aliphatic carbocycles. The van der Waals surface area contributed by atoms with Crippen molar-refractivity contribution in [1.82, 2.24) is 4.90 Å². The van der Waals surface area contributed by atoms with Gasteiger partial charge in [-0.25, -0.2) is 0 Å². The average Bonchev–Trinajstić information content (AvgIpc) is 2.81. The van der Waals surface area contributed by atoms with Crippen LogP contribution in [0.2, 0.25) is 0 Å². The Morgan fingerprint density at radius 2 is 2.24 bits per heavy atom. The van der Waals surface area contributed by atoms with E-state index in [4.69, 9.17) is 4.74 Å². The van der Waals surface area contributed by atoms with Gasteiger partial charge in [0.2, 0.25) is 5.91 Å². The van der Waals surface area contributed by atoms with Crippen LogP contribution in [-0.4, -0.2) is 30.5 Å². The van der Waals surface area contributed by atoms with E-state index in [1.807, 2.05) is 18.2 Å². The Kier molecular flexibility index (Phi) is 4.52.